The normalized spacial score (nSPS) is 20.9. The minimum atomic E-state index is -0.244. The monoisotopic (exact) mass is 265 g/mol. The third-order valence-electron chi connectivity index (χ3n) is 3.66. The molecular weight excluding hydrogens is 246 g/mol. The van der Waals surface area contributed by atoms with Gasteiger partial charge in [-0.05, 0) is 12.8 Å². The average molecular weight is 265 g/mol. The van der Waals surface area contributed by atoms with Crippen molar-refractivity contribution in [2.24, 2.45) is 0 Å². The van der Waals surface area contributed by atoms with E-state index in [1.807, 2.05) is 0 Å². The van der Waals surface area contributed by atoms with Gasteiger partial charge in [-0.1, -0.05) is 0 Å². The molecule has 2 aliphatic rings. The molecule has 104 valence electrons. The van der Waals surface area contributed by atoms with Crippen LogP contribution < -0.4 is 5.32 Å². The van der Waals surface area contributed by atoms with Gasteiger partial charge in [-0.2, -0.15) is 0 Å². The number of rotatable bonds is 5. The molecule has 2 heterocycles. The summed E-state index contributed by atoms with van der Waals surface area (Å²) in [6, 6.07) is 0.240. The van der Waals surface area contributed by atoms with Crippen LogP contribution in [0.25, 0.3) is 0 Å². The van der Waals surface area contributed by atoms with Crippen LogP contribution in [0, 0.1) is 0 Å². The maximum Gasteiger partial charge on any atom is 0.324 e. The number of hydrogen-bond donors (Lipinski definition) is 1. The van der Waals surface area contributed by atoms with E-state index in [2.05, 4.69) is 25.0 Å². The lowest BCUT2D eigenvalue weighted by molar-refractivity contribution is -0.143. The molecule has 19 heavy (non-hydrogen) atoms. The summed E-state index contributed by atoms with van der Waals surface area (Å²) in [7, 11) is 1.44. The van der Waals surface area contributed by atoms with Crippen LogP contribution in [-0.2, 0) is 22.6 Å². The molecule has 1 aromatic rings. The van der Waals surface area contributed by atoms with Crippen molar-refractivity contribution in [3.8, 4) is 0 Å². The molecule has 1 N–H and O–H groups in total. The fourth-order valence-corrected chi connectivity index (χ4v) is 2.40. The van der Waals surface area contributed by atoms with E-state index in [0.717, 1.165) is 38.3 Å². The van der Waals surface area contributed by atoms with Crippen molar-refractivity contribution in [2.75, 3.05) is 20.2 Å². The summed E-state index contributed by atoms with van der Waals surface area (Å²) in [6.07, 6.45) is 4.07. The SMILES string of the molecule is COC(=O)C(CN1CCn2cnnc2C1)NC1CC1. The zero-order valence-electron chi connectivity index (χ0n) is 11.1. The van der Waals surface area contributed by atoms with Gasteiger partial charge in [0.25, 0.3) is 0 Å². The van der Waals surface area contributed by atoms with E-state index in [4.69, 9.17) is 4.74 Å². The Morgan fingerprint density at radius 2 is 2.42 bits per heavy atom. The Kier molecular flexibility index (Phi) is 3.48. The predicted octanol–water partition coefficient (Wildman–Crippen LogP) is -0.613. The van der Waals surface area contributed by atoms with Gasteiger partial charge in [0.2, 0.25) is 0 Å². The first-order valence-corrected chi connectivity index (χ1v) is 6.69. The highest BCUT2D eigenvalue weighted by Gasteiger charge is 2.31. The summed E-state index contributed by atoms with van der Waals surface area (Å²) >= 11 is 0. The minimum absolute atomic E-state index is 0.182. The van der Waals surface area contributed by atoms with Crippen LogP contribution in [0.5, 0.6) is 0 Å². The molecule has 0 bridgehead atoms. The smallest absolute Gasteiger partial charge is 0.324 e. The van der Waals surface area contributed by atoms with Gasteiger partial charge in [0.05, 0.1) is 13.7 Å². The largest absolute Gasteiger partial charge is 0.468 e. The standard InChI is InChI=1S/C12H19N5O2/c1-19-12(18)10(14-9-2-3-9)6-16-4-5-17-8-13-15-11(17)7-16/h8-10,14H,2-7H2,1H3. The molecule has 0 spiro atoms. The maximum absolute atomic E-state index is 11.8. The Bertz CT molecular complexity index is 457. The molecule has 1 unspecified atom stereocenters. The quantitative estimate of drug-likeness (QED) is 0.716. The molecule has 0 radical (unpaired) electrons. The van der Waals surface area contributed by atoms with Crippen LogP contribution >= 0.6 is 0 Å². The fraction of sp³-hybridized carbons (Fsp3) is 0.750. The number of esters is 1. The molecule has 0 amide bonds. The molecular formula is C12H19N5O2. The maximum atomic E-state index is 11.8. The van der Waals surface area contributed by atoms with Gasteiger partial charge < -0.3 is 14.6 Å². The highest BCUT2D eigenvalue weighted by atomic mass is 16.5. The molecule has 1 atom stereocenters. The van der Waals surface area contributed by atoms with E-state index >= 15 is 0 Å². The summed E-state index contributed by atoms with van der Waals surface area (Å²) in [5, 5.41) is 11.3. The molecule has 7 heteroatoms. The Balaban J connectivity index is 1.60. The topological polar surface area (TPSA) is 72.3 Å². The van der Waals surface area contributed by atoms with Crippen LogP contribution in [0.2, 0.25) is 0 Å². The highest BCUT2D eigenvalue weighted by molar-refractivity contribution is 5.76. The summed E-state index contributed by atoms with van der Waals surface area (Å²) in [6.45, 7) is 3.18. The number of fused-ring (bicyclic) bond motifs is 1. The summed E-state index contributed by atoms with van der Waals surface area (Å²) in [4.78, 5) is 14.0. The van der Waals surface area contributed by atoms with Crippen LogP contribution in [-0.4, -0.2) is 57.9 Å². The Morgan fingerprint density at radius 3 is 3.16 bits per heavy atom. The number of nitrogens with one attached hydrogen (secondary N) is 1. The zero-order valence-corrected chi connectivity index (χ0v) is 11.1. The van der Waals surface area contributed by atoms with Crippen molar-refractivity contribution in [1.82, 2.24) is 25.0 Å². The zero-order chi connectivity index (χ0) is 13.2. The lowest BCUT2D eigenvalue weighted by Gasteiger charge is -2.29. The summed E-state index contributed by atoms with van der Waals surface area (Å²) < 4.78 is 6.93. The van der Waals surface area contributed by atoms with Crippen molar-refractivity contribution < 1.29 is 9.53 Å². The minimum Gasteiger partial charge on any atom is -0.468 e. The van der Waals surface area contributed by atoms with E-state index in [9.17, 15) is 4.79 Å². The molecule has 1 saturated carbocycles. The van der Waals surface area contributed by atoms with Gasteiger partial charge in [0, 0.05) is 25.7 Å². The Morgan fingerprint density at radius 1 is 1.58 bits per heavy atom. The van der Waals surface area contributed by atoms with Gasteiger partial charge in [0.15, 0.2) is 0 Å². The van der Waals surface area contributed by atoms with Crippen LogP contribution in [0.3, 0.4) is 0 Å². The molecule has 0 saturated heterocycles. The van der Waals surface area contributed by atoms with Gasteiger partial charge in [-0.25, -0.2) is 0 Å². The first-order valence-electron chi connectivity index (χ1n) is 6.69. The second kappa shape index (κ2) is 5.26. The third kappa shape index (κ3) is 2.93. The first kappa shape index (κ1) is 12.6. The van der Waals surface area contributed by atoms with Crippen molar-refractivity contribution in [3.05, 3.63) is 12.2 Å². The number of carbonyl (C=O) groups excluding carboxylic acids is 1. The van der Waals surface area contributed by atoms with Crippen molar-refractivity contribution >= 4 is 5.97 Å². The molecule has 1 fully saturated rings. The number of aromatic nitrogens is 3. The molecule has 1 aliphatic carbocycles. The van der Waals surface area contributed by atoms with Crippen molar-refractivity contribution in [2.45, 2.75) is 38.0 Å². The third-order valence-corrected chi connectivity index (χ3v) is 3.66. The number of methoxy groups -OCH3 is 1. The molecule has 7 nitrogen and oxygen atoms in total. The van der Waals surface area contributed by atoms with Crippen LogP contribution in [0.1, 0.15) is 18.7 Å². The molecule has 3 rings (SSSR count). The second-order valence-electron chi connectivity index (χ2n) is 5.19. The summed E-state index contributed by atoms with van der Waals surface area (Å²) in [5.74, 6) is 0.778. The van der Waals surface area contributed by atoms with E-state index < -0.39 is 0 Å². The Hall–Kier alpha value is -1.47. The van der Waals surface area contributed by atoms with Gasteiger partial charge in [-0.15, -0.1) is 10.2 Å². The summed E-state index contributed by atoms with van der Waals surface area (Å²) in [5.41, 5.74) is 0. The van der Waals surface area contributed by atoms with Crippen LogP contribution in [0.15, 0.2) is 6.33 Å². The second-order valence-corrected chi connectivity index (χ2v) is 5.19. The fourth-order valence-electron chi connectivity index (χ4n) is 2.40. The number of ether oxygens (including phenoxy) is 1. The lowest BCUT2D eigenvalue weighted by Crippen LogP contribution is -2.49. The van der Waals surface area contributed by atoms with Gasteiger partial charge >= 0.3 is 5.97 Å². The van der Waals surface area contributed by atoms with Crippen LogP contribution in [0.4, 0.5) is 0 Å². The predicted molar refractivity (Wildman–Crippen MR) is 67.3 cm³/mol. The molecule has 0 aromatic carbocycles. The number of hydrogen-bond acceptors (Lipinski definition) is 6. The number of carbonyl (C=O) groups is 1. The lowest BCUT2D eigenvalue weighted by atomic mass is 10.2. The van der Waals surface area contributed by atoms with Crippen molar-refractivity contribution in [3.63, 3.8) is 0 Å². The van der Waals surface area contributed by atoms with Gasteiger partial charge in [-0.3, -0.25) is 9.69 Å². The molecule has 1 aliphatic heterocycles. The van der Waals surface area contributed by atoms with E-state index in [1.165, 1.54) is 7.11 Å². The number of nitrogens with zero attached hydrogens (tertiary/aromatic N) is 4. The molecule has 1 aromatic heterocycles. The average Bonchev–Trinajstić information content (AvgIpc) is 3.12. The first-order chi connectivity index (χ1) is 9.26. The van der Waals surface area contributed by atoms with Gasteiger partial charge in [0.1, 0.15) is 18.2 Å². The van der Waals surface area contributed by atoms with E-state index in [-0.39, 0.29) is 12.0 Å². The van der Waals surface area contributed by atoms with Crippen molar-refractivity contribution in [1.29, 1.82) is 0 Å². The van der Waals surface area contributed by atoms with E-state index in [0.29, 0.717) is 12.6 Å². The van der Waals surface area contributed by atoms with E-state index in [1.54, 1.807) is 6.33 Å². The Labute approximate surface area is 111 Å². The highest BCUT2D eigenvalue weighted by Crippen LogP contribution is 2.20.